The first-order valence-electron chi connectivity index (χ1n) is 12.0. The molecule has 7 nitrogen and oxygen atoms in total. The number of hydrogen-bond acceptors (Lipinski definition) is 7. The molecule has 0 N–H and O–H groups in total. The SMILES string of the molecule is COc1cccc(COc2cccc(CN3CCN(c4ncccc4C(=O)OC(C)C)CC3)c2)c1. The van der Waals surface area contributed by atoms with Gasteiger partial charge in [-0.2, -0.15) is 0 Å². The number of piperazine rings is 1. The number of rotatable bonds is 9. The summed E-state index contributed by atoms with van der Waals surface area (Å²) >= 11 is 0. The molecule has 1 aliphatic heterocycles. The van der Waals surface area contributed by atoms with E-state index in [4.69, 9.17) is 14.2 Å². The number of hydrogen-bond donors (Lipinski definition) is 0. The molecule has 0 unspecified atom stereocenters. The van der Waals surface area contributed by atoms with Gasteiger partial charge in [0.25, 0.3) is 0 Å². The van der Waals surface area contributed by atoms with Crippen LogP contribution in [0, 0.1) is 0 Å². The molecule has 0 bridgehead atoms. The maximum Gasteiger partial charge on any atom is 0.342 e. The average Bonchev–Trinajstić information content (AvgIpc) is 2.88. The standard InChI is InChI=1S/C28H33N3O4/c1-21(2)35-28(32)26-11-6-12-29-27(26)31-15-13-30(14-16-31)19-22-7-4-10-25(17-22)34-20-23-8-5-9-24(18-23)33-3/h4-12,17-18,21H,13-16,19-20H2,1-3H3. The molecule has 184 valence electrons. The number of carbonyl (C=O) groups is 1. The zero-order chi connectivity index (χ0) is 24.6. The molecule has 0 saturated carbocycles. The van der Waals surface area contributed by atoms with E-state index in [1.807, 2.05) is 50.2 Å². The number of pyridine rings is 1. The van der Waals surface area contributed by atoms with Crippen molar-refractivity contribution in [2.45, 2.75) is 33.1 Å². The summed E-state index contributed by atoms with van der Waals surface area (Å²) in [6.07, 6.45) is 1.56. The summed E-state index contributed by atoms with van der Waals surface area (Å²) in [6, 6.07) is 19.7. The van der Waals surface area contributed by atoms with Crippen molar-refractivity contribution in [2.75, 3.05) is 38.2 Å². The van der Waals surface area contributed by atoms with Gasteiger partial charge in [0.2, 0.25) is 0 Å². The Morgan fingerprint density at radius 1 is 0.943 bits per heavy atom. The van der Waals surface area contributed by atoms with Gasteiger partial charge in [-0.25, -0.2) is 9.78 Å². The van der Waals surface area contributed by atoms with Crippen LogP contribution in [0.25, 0.3) is 0 Å². The van der Waals surface area contributed by atoms with E-state index in [2.05, 4.69) is 26.9 Å². The van der Waals surface area contributed by atoms with Gasteiger partial charge in [0.05, 0.1) is 13.2 Å². The Balaban J connectivity index is 1.32. The van der Waals surface area contributed by atoms with E-state index in [0.717, 1.165) is 49.8 Å². The molecule has 0 amide bonds. The van der Waals surface area contributed by atoms with Crippen LogP contribution in [0.3, 0.4) is 0 Å². The van der Waals surface area contributed by atoms with Gasteiger partial charge in [-0.15, -0.1) is 0 Å². The lowest BCUT2D eigenvalue weighted by Gasteiger charge is -2.36. The maximum absolute atomic E-state index is 12.5. The molecule has 7 heteroatoms. The van der Waals surface area contributed by atoms with Gasteiger partial charge in [-0.05, 0) is 61.4 Å². The molecule has 1 aromatic heterocycles. The van der Waals surface area contributed by atoms with Gasteiger partial charge in [0.1, 0.15) is 29.5 Å². The number of methoxy groups -OCH3 is 1. The molecule has 3 aromatic rings. The summed E-state index contributed by atoms with van der Waals surface area (Å²) in [5.41, 5.74) is 2.80. The highest BCUT2D eigenvalue weighted by molar-refractivity contribution is 5.94. The third kappa shape index (κ3) is 6.73. The summed E-state index contributed by atoms with van der Waals surface area (Å²) in [5, 5.41) is 0. The molecule has 2 aromatic carbocycles. The molecule has 0 aliphatic carbocycles. The lowest BCUT2D eigenvalue weighted by Crippen LogP contribution is -2.46. The normalized spacial score (nSPS) is 14.1. The summed E-state index contributed by atoms with van der Waals surface area (Å²) in [7, 11) is 1.67. The highest BCUT2D eigenvalue weighted by atomic mass is 16.5. The Morgan fingerprint density at radius 3 is 2.40 bits per heavy atom. The second-order valence-corrected chi connectivity index (χ2v) is 8.88. The van der Waals surface area contributed by atoms with E-state index in [9.17, 15) is 4.79 Å². The van der Waals surface area contributed by atoms with E-state index in [1.54, 1.807) is 25.4 Å². The van der Waals surface area contributed by atoms with E-state index < -0.39 is 0 Å². The minimum absolute atomic E-state index is 0.164. The van der Waals surface area contributed by atoms with Gasteiger partial charge in [0, 0.05) is 38.9 Å². The van der Waals surface area contributed by atoms with Crippen molar-refractivity contribution >= 4 is 11.8 Å². The second kappa shape index (κ2) is 11.7. The minimum atomic E-state index is -0.323. The van der Waals surface area contributed by atoms with Gasteiger partial charge in [-0.1, -0.05) is 24.3 Å². The molecule has 0 atom stereocenters. The van der Waals surface area contributed by atoms with E-state index in [-0.39, 0.29) is 12.1 Å². The third-order valence-electron chi connectivity index (χ3n) is 5.87. The van der Waals surface area contributed by atoms with Gasteiger partial charge < -0.3 is 19.1 Å². The summed E-state index contributed by atoms with van der Waals surface area (Å²) in [5.74, 6) is 2.06. The second-order valence-electron chi connectivity index (χ2n) is 8.88. The van der Waals surface area contributed by atoms with Crippen molar-refractivity contribution in [3.05, 3.63) is 83.6 Å². The number of aromatic nitrogens is 1. The van der Waals surface area contributed by atoms with Crippen LogP contribution in [0.5, 0.6) is 11.5 Å². The number of esters is 1. The fraction of sp³-hybridized carbons (Fsp3) is 0.357. The summed E-state index contributed by atoms with van der Waals surface area (Å²) in [6.45, 7) is 8.39. The molecule has 35 heavy (non-hydrogen) atoms. The molecule has 1 fully saturated rings. The van der Waals surface area contributed by atoms with Crippen molar-refractivity contribution < 1.29 is 19.0 Å². The number of nitrogens with zero attached hydrogens (tertiary/aromatic N) is 3. The Labute approximate surface area is 207 Å². The lowest BCUT2D eigenvalue weighted by molar-refractivity contribution is 0.0378. The first-order valence-corrected chi connectivity index (χ1v) is 12.0. The Hall–Kier alpha value is -3.58. The summed E-state index contributed by atoms with van der Waals surface area (Å²) < 4.78 is 16.7. The summed E-state index contributed by atoms with van der Waals surface area (Å²) in [4.78, 5) is 21.6. The fourth-order valence-electron chi connectivity index (χ4n) is 4.12. The molecule has 0 spiro atoms. The van der Waals surface area contributed by atoms with E-state index >= 15 is 0 Å². The van der Waals surface area contributed by atoms with Crippen LogP contribution in [-0.2, 0) is 17.9 Å². The molecule has 1 saturated heterocycles. The predicted octanol–water partition coefficient (Wildman–Crippen LogP) is 4.56. The fourth-order valence-corrected chi connectivity index (χ4v) is 4.12. The predicted molar refractivity (Wildman–Crippen MR) is 136 cm³/mol. The number of anilines is 1. The molecular formula is C28H33N3O4. The maximum atomic E-state index is 12.5. The number of ether oxygens (including phenoxy) is 3. The Kier molecular flexibility index (Phi) is 8.21. The quantitative estimate of drug-likeness (QED) is 0.421. The first-order chi connectivity index (χ1) is 17.0. The van der Waals surface area contributed by atoms with Crippen molar-refractivity contribution in [3.63, 3.8) is 0 Å². The van der Waals surface area contributed by atoms with Crippen LogP contribution >= 0.6 is 0 Å². The van der Waals surface area contributed by atoms with Crippen LogP contribution in [0.1, 0.15) is 35.3 Å². The van der Waals surface area contributed by atoms with Crippen LogP contribution in [-0.4, -0.2) is 55.2 Å². The highest BCUT2D eigenvalue weighted by Gasteiger charge is 2.23. The average molecular weight is 476 g/mol. The zero-order valence-corrected chi connectivity index (χ0v) is 20.6. The molecular weight excluding hydrogens is 442 g/mol. The lowest BCUT2D eigenvalue weighted by atomic mass is 10.1. The molecule has 4 rings (SSSR count). The highest BCUT2D eigenvalue weighted by Crippen LogP contribution is 2.22. The molecule has 0 radical (unpaired) electrons. The molecule has 2 heterocycles. The van der Waals surface area contributed by atoms with Crippen LogP contribution in [0.4, 0.5) is 5.82 Å². The van der Waals surface area contributed by atoms with E-state index in [0.29, 0.717) is 18.0 Å². The van der Waals surface area contributed by atoms with Crippen molar-refractivity contribution in [3.8, 4) is 11.5 Å². The van der Waals surface area contributed by atoms with E-state index in [1.165, 1.54) is 5.56 Å². The topological polar surface area (TPSA) is 64.1 Å². The van der Waals surface area contributed by atoms with Gasteiger partial charge in [-0.3, -0.25) is 4.90 Å². The zero-order valence-electron chi connectivity index (χ0n) is 20.6. The van der Waals surface area contributed by atoms with Crippen molar-refractivity contribution in [1.29, 1.82) is 0 Å². The first kappa shape index (κ1) is 24.5. The monoisotopic (exact) mass is 475 g/mol. The van der Waals surface area contributed by atoms with Crippen molar-refractivity contribution in [2.24, 2.45) is 0 Å². The number of carbonyl (C=O) groups excluding carboxylic acids is 1. The smallest absolute Gasteiger partial charge is 0.342 e. The Morgan fingerprint density at radius 2 is 1.66 bits per heavy atom. The minimum Gasteiger partial charge on any atom is -0.497 e. The number of benzene rings is 2. The van der Waals surface area contributed by atoms with Crippen molar-refractivity contribution in [1.82, 2.24) is 9.88 Å². The van der Waals surface area contributed by atoms with Crippen LogP contribution in [0.15, 0.2) is 66.9 Å². The largest absolute Gasteiger partial charge is 0.497 e. The molecule has 1 aliphatic rings. The van der Waals surface area contributed by atoms with Gasteiger partial charge >= 0.3 is 5.97 Å². The van der Waals surface area contributed by atoms with Gasteiger partial charge in [0.15, 0.2) is 0 Å². The third-order valence-corrected chi connectivity index (χ3v) is 5.87. The van der Waals surface area contributed by atoms with Crippen LogP contribution in [0.2, 0.25) is 0 Å². The Bertz CT molecular complexity index is 1130. The van der Waals surface area contributed by atoms with Crippen LogP contribution < -0.4 is 14.4 Å².